The lowest BCUT2D eigenvalue weighted by Crippen LogP contribution is -2.28. The fourth-order valence-corrected chi connectivity index (χ4v) is 3.74. The molecule has 14 heteroatoms. The molecular weight excluding hydrogens is 583 g/mol. The minimum Gasteiger partial charge on any atom is -0.366 e. The summed E-state index contributed by atoms with van der Waals surface area (Å²) in [6.45, 7) is 2.28. The Balaban J connectivity index is 2.89. The Morgan fingerprint density at radius 2 is 1.48 bits per heavy atom. The quantitative estimate of drug-likeness (QED) is 0.148. The Hall–Kier alpha value is 0. The molecule has 7 nitrogen and oxygen atoms in total. The smallest absolute Gasteiger partial charge is 0.297 e. The molecule has 188 valence electrons. The summed E-state index contributed by atoms with van der Waals surface area (Å²) in [7, 11) is -4.04. The van der Waals surface area contributed by atoms with Crippen molar-refractivity contribution in [3.8, 4) is 0 Å². The maximum Gasteiger partial charge on any atom is 0.297 e. The number of hydrogen-bond acceptors (Lipinski definition) is 6. The topological polar surface area (TPSA) is 105 Å². The number of halogens is 6. The number of benzene rings is 1. The first-order chi connectivity index (χ1) is 15.0. The molecule has 0 saturated heterocycles. The van der Waals surface area contributed by atoms with Crippen molar-refractivity contribution in [1.29, 1.82) is 0 Å². The van der Waals surface area contributed by atoms with Gasteiger partial charge in [0.2, 0.25) is 13.5 Å². The van der Waals surface area contributed by atoms with Gasteiger partial charge in [-0.05, 0) is 38.0 Å². The molecule has 0 atom stereocenters. The van der Waals surface area contributed by atoms with Crippen LogP contribution in [-0.2, 0) is 28.6 Å². The Labute approximate surface area is 223 Å². The monoisotopic (exact) mass is 603 g/mol. The summed E-state index contributed by atoms with van der Waals surface area (Å²) in [4.78, 5) is 12.0. The highest BCUT2D eigenvalue weighted by Crippen LogP contribution is 2.30. The van der Waals surface area contributed by atoms with Gasteiger partial charge in [-0.25, -0.2) is 0 Å². The van der Waals surface area contributed by atoms with Crippen molar-refractivity contribution in [2.75, 3.05) is 19.8 Å². The first-order valence-corrected chi connectivity index (χ1v) is 13.0. The molecule has 0 bridgehead atoms. The number of hydrogen-bond donors (Lipinski definition) is 1. The lowest BCUT2D eigenvalue weighted by atomic mass is 10.0. The predicted octanol–water partition coefficient (Wildman–Crippen LogP) is 5.38. The maximum absolute atomic E-state index is 12.4. The van der Waals surface area contributed by atoms with Gasteiger partial charge in [-0.2, -0.15) is 8.42 Å². The lowest BCUT2D eigenvalue weighted by Gasteiger charge is -2.23. The molecule has 0 aliphatic rings. The molecular formula is C19H23Cl6NO6S. The van der Waals surface area contributed by atoms with E-state index in [-0.39, 0.29) is 43.1 Å². The highest BCUT2D eigenvalue weighted by atomic mass is 35.6. The molecule has 0 spiro atoms. The van der Waals surface area contributed by atoms with Crippen LogP contribution < -0.4 is 5.73 Å². The third kappa shape index (κ3) is 13.0. The zero-order valence-corrected chi connectivity index (χ0v) is 23.0. The summed E-state index contributed by atoms with van der Waals surface area (Å²) in [5.41, 5.74) is 6.79. The first kappa shape index (κ1) is 31.0. The van der Waals surface area contributed by atoms with E-state index in [1.807, 2.05) is 6.92 Å². The van der Waals surface area contributed by atoms with Crippen molar-refractivity contribution < 1.29 is 26.9 Å². The molecule has 33 heavy (non-hydrogen) atoms. The summed E-state index contributed by atoms with van der Waals surface area (Å²) in [6, 6.07) is 6.13. The Bertz CT molecular complexity index is 908. The van der Waals surface area contributed by atoms with Gasteiger partial charge in [0.05, 0.1) is 24.7 Å². The second-order valence-corrected chi connectivity index (χ2v) is 13.6. The standard InChI is InChI=1S/C19H23Cl6NO6S/c1-12-3-5-14(6-4-12)33(28,29)32-9-13(2)15(17(26)27)7-8-16(30-10-18(20,21)22)31-11-19(23,24)25/h3-6,16H,7-11H2,1-2H3,(H2,26,27). The molecule has 0 aliphatic heterocycles. The number of nitrogens with two attached hydrogens (primary N) is 1. The van der Waals surface area contributed by atoms with Crippen LogP contribution in [0.5, 0.6) is 0 Å². The fourth-order valence-electron chi connectivity index (χ4n) is 2.42. The second-order valence-electron chi connectivity index (χ2n) is 6.97. The number of rotatable bonds is 12. The van der Waals surface area contributed by atoms with Crippen molar-refractivity contribution in [3.05, 3.63) is 41.0 Å². The van der Waals surface area contributed by atoms with Crippen LogP contribution in [0.3, 0.4) is 0 Å². The summed E-state index contributed by atoms with van der Waals surface area (Å²) in [6.07, 6.45) is -0.933. The van der Waals surface area contributed by atoms with Crippen LogP contribution in [0.4, 0.5) is 0 Å². The molecule has 0 heterocycles. The van der Waals surface area contributed by atoms with Crippen LogP contribution in [-0.4, -0.2) is 48.0 Å². The van der Waals surface area contributed by atoms with E-state index >= 15 is 0 Å². The molecule has 0 fully saturated rings. The van der Waals surface area contributed by atoms with Crippen LogP contribution >= 0.6 is 69.6 Å². The van der Waals surface area contributed by atoms with E-state index in [1.54, 1.807) is 12.1 Å². The summed E-state index contributed by atoms with van der Waals surface area (Å²) >= 11 is 34.1. The van der Waals surface area contributed by atoms with Crippen molar-refractivity contribution >= 4 is 85.6 Å². The lowest BCUT2D eigenvalue weighted by molar-refractivity contribution is -0.143. The Kier molecular flexibility index (Phi) is 12.6. The molecule has 2 N–H and O–H groups in total. The van der Waals surface area contributed by atoms with Crippen LogP contribution in [0.1, 0.15) is 25.3 Å². The molecule has 1 amide bonds. The van der Waals surface area contributed by atoms with Gasteiger partial charge in [0, 0.05) is 12.0 Å². The van der Waals surface area contributed by atoms with Crippen LogP contribution in [0, 0.1) is 6.92 Å². The normalized spacial score (nSPS) is 13.8. The van der Waals surface area contributed by atoms with Crippen molar-refractivity contribution in [2.45, 2.75) is 45.5 Å². The third-order valence-corrected chi connectivity index (χ3v) is 5.98. The predicted molar refractivity (Wildman–Crippen MR) is 132 cm³/mol. The van der Waals surface area contributed by atoms with Gasteiger partial charge < -0.3 is 15.2 Å². The first-order valence-electron chi connectivity index (χ1n) is 9.31. The van der Waals surface area contributed by atoms with Gasteiger partial charge in [0.25, 0.3) is 10.1 Å². The highest BCUT2D eigenvalue weighted by molar-refractivity contribution is 7.86. The zero-order valence-electron chi connectivity index (χ0n) is 17.6. The van der Waals surface area contributed by atoms with Gasteiger partial charge in [0.1, 0.15) is 0 Å². The van der Waals surface area contributed by atoms with Gasteiger partial charge in [-0.1, -0.05) is 87.3 Å². The van der Waals surface area contributed by atoms with E-state index in [0.717, 1.165) is 5.56 Å². The number of primary amides is 1. The van der Waals surface area contributed by atoms with Gasteiger partial charge >= 0.3 is 0 Å². The van der Waals surface area contributed by atoms with Crippen LogP contribution in [0.2, 0.25) is 0 Å². The van der Waals surface area contributed by atoms with Gasteiger partial charge in [-0.15, -0.1) is 0 Å². The van der Waals surface area contributed by atoms with E-state index in [9.17, 15) is 13.2 Å². The van der Waals surface area contributed by atoms with E-state index < -0.39 is 29.9 Å². The molecule has 1 rings (SSSR count). The summed E-state index contributed by atoms with van der Waals surface area (Å²) in [5, 5.41) is 0. The molecule has 0 unspecified atom stereocenters. The summed E-state index contributed by atoms with van der Waals surface area (Å²) < 4.78 is 37.2. The molecule has 1 aromatic carbocycles. The highest BCUT2D eigenvalue weighted by Gasteiger charge is 2.27. The third-order valence-electron chi connectivity index (χ3n) is 4.05. The maximum atomic E-state index is 12.4. The van der Waals surface area contributed by atoms with Crippen molar-refractivity contribution in [3.63, 3.8) is 0 Å². The fraction of sp³-hybridized carbons (Fsp3) is 0.526. The zero-order chi connectivity index (χ0) is 25.4. The van der Waals surface area contributed by atoms with Crippen molar-refractivity contribution in [2.24, 2.45) is 5.73 Å². The van der Waals surface area contributed by atoms with Gasteiger partial charge in [0.15, 0.2) is 6.29 Å². The van der Waals surface area contributed by atoms with E-state index in [1.165, 1.54) is 19.1 Å². The average Bonchev–Trinajstić information content (AvgIpc) is 2.66. The SMILES string of the molecule is CC(COS(=O)(=O)c1ccc(C)cc1)=C(CCC(OCC(Cl)(Cl)Cl)OCC(Cl)(Cl)Cl)C(N)=O. The molecule has 0 radical (unpaired) electrons. The number of carbonyl (C=O) groups is 1. The largest absolute Gasteiger partial charge is 0.366 e. The number of carbonyl (C=O) groups excluding carboxylic acids is 1. The van der Waals surface area contributed by atoms with Crippen LogP contribution in [0.25, 0.3) is 0 Å². The van der Waals surface area contributed by atoms with Crippen molar-refractivity contribution in [1.82, 2.24) is 0 Å². The Morgan fingerprint density at radius 3 is 1.91 bits per heavy atom. The minimum absolute atomic E-state index is 0.0122. The van der Waals surface area contributed by atoms with E-state index in [4.69, 9.17) is 89.0 Å². The number of ether oxygens (including phenoxy) is 2. The summed E-state index contributed by atoms with van der Waals surface area (Å²) in [5.74, 6) is -0.773. The minimum atomic E-state index is -4.04. The van der Waals surface area contributed by atoms with Crippen LogP contribution in [0.15, 0.2) is 40.3 Å². The van der Waals surface area contributed by atoms with Gasteiger partial charge in [-0.3, -0.25) is 8.98 Å². The Morgan fingerprint density at radius 1 is 1.00 bits per heavy atom. The number of amides is 1. The molecule has 0 aromatic heterocycles. The van der Waals surface area contributed by atoms with E-state index in [0.29, 0.717) is 5.57 Å². The molecule has 0 saturated carbocycles. The molecule has 1 aromatic rings. The number of aryl methyl sites for hydroxylation is 1. The van der Waals surface area contributed by atoms with E-state index in [2.05, 4.69) is 0 Å². The average molecular weight is 606 g/mol. The number of alkyl halides is 6. The second kappa shape index (κ2) is 13.3. The molecule has 0 aliphatic carbocycles.